The zero-order chi connectivity index (χ0) is 16.5. The van der Waals surface area contributed by atoms with Crippen molar-refractivity contribution in [3.63, 3.8) is 0 Å². The van der Waals surface area contributed by atoms with Crippen LogP contribution in [0.5, 0.6) is 0 Å². The van der Waals surface area contributed by atoms with Crippen LogP contribution in [-0.2, 0) is 17.6 Å². The van der Waals surface area contributed by atoms with Gasteiger partial charge < -0.3 is 10.2 Å². The van der Waals surface area contributed by atoms with Crippen LogP contribution in [0.1, 0.15) is 36.8 Å². The average Bonchev–Trinajstić information content (AvgIpc) is 2.59. The lowest BCUT2D eigenvalue weighted by Gasteiger charge is -2.23. The number of fused-ring (bicyclic) bond motifs is 1. The number of anilines is 1. The van der Waals surface area contributed by atoms with E-state index in [1.54, 1.807) is 4.90 Å². The van der Waals surface area contributed by atoms with Crippen molar-refractivity contribution in [1.82, 2.24) is 4.90 Å². The van der Waals surface area contributed by atoms with Crippen LogP contribution in [0.15, 0.2) is 18.2 Å². The molecule has 23 heavy (non-hydrogen) atoms. The van der Waals surface area contributed by atoms with Gasteiger partial charge in [-0.05, 0) is 42.9 Å². The highest BCUT2D eigenvalue weighted by Crippen LogP contribution is 2.27. The van der Waals surface area contributed by atoms with E-state index in [-0.39, 0.29) is 25.3 Å². The maximum Gasteiger partial charge on any atom is 0.241 e. The molecule has 1 aromatic carbocycles. The highest BCUT2D eigenvalue weighted by molar-refractivity contribution is 5.81. The number of aryl methyl sites for hydroxylation is 1. The molecule has 0 heterocycles. The third-order valence-electron chi connectivity index (χ3n) is 4.17. The van der Waals surface area contributed by atoms with Gasteiger partial charge in [0.05, 0.1) is 31.5 Å². The zero-order valence-corrected chi connectivity index (χ0v) is 13.3. The molecule has 1 N–H and O–H groups in total. The van der Waals surface area contributed by atoms with Crippen molar-refractivity contribution in [3.8, 4) is 12.1 Å². The summed E-state index contributed by atoms with van der Waals surface area (Å²) >= 11 is 0. The lowest BCUT2D eigenvalue weighted by molar-refractivity contribution is -0.129. The predicted octanol–water partition coefficient (Wildman–Crippen LogP) is 2.63. The van der Waals surface area contributed by atoms with E-state index >= 15 is 0 Å². The number of carbonyl (C=O) groups excluding carboxylic acids is 1. The molecule has 0 aromatic heterocycles. The summed E-state index contributed by atoms with van der Waals surface area (Å²) in [4.78, 5) is 13.9. The molecule has 0 unspecified atom stereocenters. The molecule has 120 valence electrons. The van der Waals surface area contributed by atoms with Gasteiger partial charge in [-0.25, -0.2) is 0 Å². The molecule has 5 heteroatoms. The second-order valence-corrected chi connectivity index (χ2v) is 5.70. The molecule has 1 aliphatic carbocycles. The summed E-state index contributed by atoms with van der Waals surface area (Å²) in [5.74, 6) is -0.0658. The Kier molecular flexibility index (Phi) is 6.44. The van der Waals surface area contributed by atoms with Crippen molar-refractivity contribution in [2.24, 2.45) is 0 Å². The van der Waals surface area contributed by atoms with Gasteiger partial charge in [-0.3, -0.25) is 4.79 Å². The Morgan fingerprint density at radius 2 is 1.83 bits per heavy atom. The van der Waals surface area contributed by atoms with E-state index in [1.807, 2.05) is 24.3 Å². The normalized spacial score (nSPS) is 12.6. The fraction of sp³-hybridized carbons (Fsp3) is 0.500. The van der Waals surface area contributed by atoms with Crippen LogP contribution < -0.4 is 5.32 Å². The number of nitriles is 2. The quantitative estimate of drug-likeness (QED) is 0.839. The van der Waals surface area contributed by atoms with Gasteiger partial charge in [0.25, 0.3) is 0 Å². The van der Waals surface area contributed by atoms with Gasteiger partial charge in [0.1, 0.15) is 0 Å². The van der Waals surface area contributed by atoms with Gasteiger partial charge in [-0.15, -0.1) is 0 Å². The molecule has 0 fully saturated rings. The topological polar surface area (TPSA) is 79.9 Å². The number of benzene rings is 1. The Hall–Kier alpha value is -2.53. The molecule has 2 rings (SSSR count). The van der Waals surface area contributed by atoms with Crippen LogP contribution in [-0.4, -0.2) is 30.4 Å². The minimum atomic E-state index is -0.0658. The third-order valence-corrected chi connectivity index (χ3v) is 4.17. The second kappa shape index (κ2) is 8.80. The van der Waals surface area contributed by atoms with E-state index in [2.05, 4.69) is 11.4 Å². The second-order valence-electron chi connectivity index (χ2n) is 5.70. The summed E-state index contributed by atoms with van der Waals surface area (Å²) in [5, 5.41) is 20.6. The van der Waals surface area contributed by atoms with Gasteiger partial charge in [0.15, 0.2) is 0 Å². The molecule has 0 radical (unpaired) electrons. The standard InChI is InChI=1S/C18H22N4O/c19-10-4-12-22(13-5-11-20)18(23)14-21-17-9-3-7-15-6-1-2-8-16(15)17/h3,7,9,21H,1-2,4-6,8,12-14H2. The van der Waals surface area contributed by atoms with E-state index in [0.717, 1.165) is 18.5 Å². The van der Waals surface area contributed by atoms with E-state index in [4.69, 9.17) is 10.5 Å². The van der Waals surface area contributed by atoms with E-state index in [9.17, 15) is 4.79 Å². The molecule has 1 aromatic rings. The summed E-state index contributed by atoms with van der Waals surface area (Å²) in [5.41, 5.74) is 3.74. The number of amides is 1. The summed E-state index contributed by atoms with van der Waals surface area (Å²) < 4.78 is 0. The minimum absolute atomic E-state index is 0.0658. The molecule has 1 amide bonds. The molecule has 5 nitrogen and oxygen atoms in total. The van der Waals surface area contributed by atoms with Crippen LogP contribution in [0.25, 0.3) is 0 Å². The first-order valence-electron chi connectivity index (χ1n) is 8.12. The molecule has 0 spiro atoms. The van der Waals surface area contributed by atoms with Gasteiger partial charge >= 0.3 is 0 Å². The van der Waals surface area contributed by atoms with E-state index in [0.29, 0.717) is 13.1 Å². The van der Waals surface area contributed by atoms with Crippen LogP contribution in [0.4, 0.5) is 5.69 Å². The smallest absolute Gasteiger partial charge is 0.241 e. The van der Waals surface area contributed by atoms with Crippen molar-refractivity contribution < 1.29 is 4.79 Å². The zero-order valence-electron chi connectivity index (χ0n) is 13.3. The molecule has 0 saturated carbocycles. The first-order valence-corrected chi connectivity index (χ1v) is 8.12. The predicted molar refractivity (Wildman–Crippen MR) is 88.6 cm³/mol. The van der Waals surface area contributed by atoms with Gasteiger partial charge in [0, 0.05) is 18.8 Å². The van der Waals surface area contributed by atoms with Gasteiger partial charge in [0.2, 0.25) is 5.91 Å². The Morgan fingerprint density at radius 1 is 1.13 bits per heavy atom. The molecule has 0 atom stereocenters. The number of rotatable bonds is 7. The highest BCUT2D eigenvalue weighted by atomic mass is 16.2. The molecule has 0 bridgehead atoms. The van der Waals surface area contributed by atoms with Crippen molar-refractivity contribution in [3.05, 3.63) is 29.3 Å². The maximum atomic E-state index is 12.3. The average molecular weight is 310 g/mol. The number of carbonyl (C=O) groups is 1. The molecule has 0 saturated heterocycles. The lowest BCUT2D eigenvalue weighted by atomic mass is 9.90. The van der Waals surface area contributed by atoms with Crippen LogP contribution >= 0.6 is 0 Å². The fourth-order valence-corrected chi connectivity index (χ4v) is 2.96. The molecule has 0 aliphatic heterocycles. The number of hydrogen-bond donors (Lipinski definition) is 1. The minimum Gasteiger partial charge on any atom is -0.376 e. The van der Waals surface area contributed by atoms with E-state index < -0.39 is 0 Å². The monoisotopic (exact) mass is 310 g/mol. The molecular weight excluding hydrogens is 288 g/mol. The lowest BCUT2D eigenvalue weighted by Crippen LogP contribution is -2.37. The van der Waals surface area contributed by atoms with Crippen molar-refractivity contribution in [2.75, 3.05) is 25.0 Å². The van der Waals surface area contributed by atoms with E-state index in [1.165, 1.54) is 24.0 Å². The van der Waals surface area contributed by atoms with Gasteiger partial charge in [-0.1, -0.05) is 12.1 Å². The van der Waals surface area contributed by atoms with Crippen molar-refractivity contribution >= 4 is 11.6 Å². The largest absolute Gasteiger partial charge is 0.376 e. The van der Waals surface area contributed by atoms with Crippen molar-refractivity contribution in [1.29, 1.82) is 10.5 Å². The van der Waals surface area contributed by atoms with Crippen molar-refractivity contribution in [2.45, 2.75) is 38.5 Å². The van der Waals surface area contributed by atoms with Crippen LogP contribution in [0.2, 0.25) is 0 Å². The molecule has 1 aliphatic rings. The Bertz CT molecular complexity index is 609. The number of hydrogen-bond acceptors (Lipinski definition) is 4. The third kappa shape index (κ3) is 4.72. The fourth-order valence-electron chi connectivity index (χ4n) is 2.96. The Labute approximate surface area is 137 Å². The first kappa shape index (κ1) is 16.8. The highest BCUT2D eigenvalue weighted by Gasteiger charge is 2.16. The first-order chi connectivity index (χ1) is 11.3. The summed E-state index contributed by atoms with van der Waals surface area (Å²) in [6, 6.07) is 10.3. The van der Waals surface area contributed by atoms with Crippen LogP contribution in [0.3, 0.4) is 0 Å². The SMILES string of the molecule is N#CCCN(CCC#N)C(=O)CNc1cccc2c1CCCC2. The summed E-state index contributed by atoms with van der Waals surface area (Å²) in [7, 11) is 0. The number of nitrogens with one attached hydrogen (secondary N) is 1. The van der Waals surface area contributed by atoms with Crippen LogP contribution in [0, 0.1) is 22.7 Å². The maximum absolute atomic E-state index is 12.3. The summed E-state index contributed by atoms with van der Waals surface area (Å²) in [6.07, 6.45) is 5.16. The van der Waals surface area contributed by atoms with Gasteiger partial charge in [-0.2, -0.15) is 10.5 Å². The summed E-state index contributed by atoms with van der Waals surface area (Å²) in [6.45, 7) is 0.963. The molecular formula is C18H22N4O. The Morgan fingerprint density at radius 3 is 2.52 bits per heavy atom. The number of nitrogens with zero attached hydrogens (tertiary/aromatic N) is 3. The Balaban J connectivity index is 1.97.